The molecule has 1 heterocycles. The van der Waals surface area contributed by atoms with Crippen LogP contribution in [0.15, 0.2) is 85.1 Å². The van der Waals surface area contributed by atoms with E-state index < -0.39 is 6.10 Å². The lowest BCUT2D eigenvalue weighted by Gasteiger charge is -2.11. The fourth-order valence-electron chi connectivity index (χ4n) is 3.52. The Morgan fingerprint density at radius 2 is 1.61 bits per heavy atom. The van der Waals surface area contributed by atoms with Crippen LogP contribution in [0, 0.1) is 0 Å². The van der Waals surface area contributed by atoms with Crippen LogP contribution in [0.5, 0.6) is 0 Å². The molecular formula is C24H23ClN2O. The van der Waals surface area contributed by atoms with E-state index in [0.29, 0.717) is 13.1 Å². The van der Waals surface area contributed by atoms with Crippen LogP contribution < -0.4 is 5.32 Å². The van der Waals surface area contributed by atoms with Crippen molar-refractivity contribution in [3.05, 3.63) is 107 Å². The Morgan fingerprint density at radius 3 is 2.39 bits per heavy atom. The molecule has 4 rings (SSSR count). The number of aliphatic hydroxyl groups excluding tert-OH is 1. The molecule has 4 aromatic rings. The average molecular weight is 391 g/mol. The quantitative estimate of drug-likeness (QED) is 0.457. The highest BCUT2D eigenvalue weighted by atomic mass is 35.5. The molecule has 28 heavy (non-hydrogen) atoms. The van der Waals surface area contributed by atoms with Crippen molar-refractivity contribution in [2.24, 2.45) is 0 Å². The van der Waals surface area contributed by atoms with E-state index in [1.165, 1.54) is 22.0 Å². The van der Waals surface area contributed by atoms with Gasteiger partial charge in [0.2, 0.25) is 0 Å². The van der Waals surface area contributed by atoms with Crippen molar-refractivity contribution in [1.82, 2.24) is 9.88 Å². The number of para-hydroxylation sites is 1. The van der Waals surface area contributed by atoms with E-state index in [-0.39, 0.29) is 0 Å². The highest BCUT2D eigenvalue weighted by molar-refractivity contribution is 6.30. The third kappa shape index (κ3) is 4.28. The van der Waals surface area contributed by atoms with Gasteiger partial charge in [0.15, 0.2) is 0 Å². The Balaban J connectivity index is 1.49. The molecule has 0 aliphatic carbocycles. The average Bonchev–Trinajstić information content (AvgIpc) is 3.08. The predicted octanol–water partition coefficient (Wildman–Crippen LogP) is 5.17. The molecule has 0 unspecified atom stereocenters. The molecule has 1 atom stereocenters. The van der Waals surface area contributed by atoms with Crippen LogP contribution in [0.3, 0.4) is 0 Å². The first-order valence-corrected chi connectivity index (χ1v) is 9.83. The van der Waals surface area contributed by atoms with E-state index in [1.54, 1.807) is 0 Å². The van der Waals surface area contributed by atoms with E-state index in [0.717, 1.165) is 17.1 Å². The zero-order valence-corrected chi connectivity index (χ0v) is 16.3. The lowest BCUT2D eigenvalue weighted by atomic mass is 10.1. The largest absolute Gasteiger partial charge is 0.387 e. The van der Waals surface area contributed by atoms with Gasteiger partial charge in [0.05, 0.1) is 6.10 Å². The molecule has 0 amide bonds. The van der Waals surface area contributed by atoms with Crippen LogP contribution in [0.1, 0.15) is 22.8 Å². The number of fused-ring (bicyclic) bond motifs is 1. The van der Waals surface area contributed by atoms with Crippen LogP contribution in [0.25, 0.3) is 10.9 Å². The van der Waals surface area contributed by atoms with Gasteiger partial charge in [-0.2, -0.15) is 0 Å². The van der Waals surface area contributed by atoms with Crippen LogP contribution in [0.2, 0.25) is 5.02 Å². The zero-order valence-electron chi connectivity index (χ0n) is 15.6. The topological polar surface area (TPSA) is 37.2 Å². The monoisotopic (exact) mass is 390 g/mol. The number of nitrogens with one attached hydrogen (secondary N) is 1. The number of rotatable bonds is 7. The summed E-state index contributed by atoms with van der Waals surface area (Å²) in [4.78, 5) is 0. The summed E-state index contributed by atoms with van der Waals surface area (Å²) in [5.41, 5.74) is 4.58. The second-order valence-electron chi connectivity index (χ2n) is 6.98. The van der Waals surface area contributed by atoms with Gasteiger partial charge < -0.3 is 15.0 Å². The van der Waals surface area contributed by atoms with Crippen molar-refractivity contribution in [3.63, 3.8) is 0 Å². The van der Waals surface area contributed by atoms with Gasteiger partial charge in [-0.3, -0.25) is 0 Å². The van der Waals surface area contributed by atoms with Gasteiger partial charge in [0, 0.05) is 41.8 Å². The van der Waals surface area contributed by atoms with Crippen molar-refractivity contribution in [1.29, 1.82) is 0 Å². The van der Waals surface area contributed by atoms with Crippen molar-refractivity contribution in [3.8, 4) is 0 Å². The normalized spacial score (nSPS) is 12.4. The van der Waals surface area contributed by atoms with Gasteiger partial charge in [-0.25, -0.2) is 0 Å². The smallest absolute Gasteiger partial charge is 0.0914 e. The summed E-state index contributed by atoms with van der Waals surface area (Å²) in [5, 5.41) is 15.7. The molecule has 4 heteroatoms. The van der Waals surface area contributed by atoms with E-state index in [2.05, 4.69) is 52.5 Å². The number of hydrogen-bond donors (Lipinski definition) is 2. The van der Waals surface area contributed by atoms with Gasteiger partial charge in [-0.15, -0.1) is 0 Å². The molecule has 142 valence electrons. The minimum Gasteiger partial charge on any atom is -0.387 e. The Kier molecular flexibility index (Phi) is 5.77. The third-order valence-corrected chi connectivity index (χ3v) is 5.23. The summed E-state index contributed by atoms with van der Waals surface area (Å²) < 4.78 is 2.27. The van der Waals surface area contributed by atoms with Crippen LogP contribution in [0.4, 0.5) is 0 Å². The highest BCUT2D eigenvalue weighted by Gasteiger charge is 2.10. The molecule has 3 nitrogen and oxygen atoms in total. The summed E-state index contributed by atoms with van der Waals surface area (Å²) in [6.07, 6.45) is 1.69. The second-order valence-corrected chi connectivity index (χ2v) is 7.42. The summed E-state index contributed by atoms with van der Waals surface area (Å²) in [5.74, 6) is 0. The molecule has 0 aliphatic heterocycles. The number of hydrogen-bond acceptors (Lipinski definition) is 2. The first-order valence-electron chi connectivity index (χ1n) is 9.45. The van der Waals surface area contributed by atoms with Gasteiger partial charge in [-0.05, 0) is 34.9 Å². The lowest BCUT2D eigenvalue weighted by Crippen LogP contribution is -2.20. The van der Waals surface area contributed by atoms with E-state index in [1.807, 2.05) is 42.5 Å². The highest BCUT2D eigenvalue weighted by Crippen LogP contribution is 2.23. The standard InChI is InChI=1S/C24H23ClN2O/c25-21-12-10-18(11-13-21)16-27-17-20(22-8-4-5-9-23(22)27)14-26-15-24(28)19-6-2-1-3-7-19/h1-13,17,24,26,28H,14-16H2/t24-/m1/s1. The summed E-state index contributed by atoms with van der Waals surface area (Å²) in [6.45, 7) is 2.02. The van der Waals surface area contributed by atoms with Crippen LogP contribution >= 0.6 is 11.6 Å². The van der Waals surface area contributed by atoms with Crippen LogP contribution in [-0.2, 0) is 13.1 Å². The van der Waals surface area contributed by atoms with Gasteiger partial charge >= 0.3 is 0 Å². The number of benzene rings is 3. The number of aliphatic hydroxyl groups is 1. The zero-order chi connectivity index (χ0) is 19.3. The van der Waals surface area contributed by atoms with Crippen LogP contribution in [-0.4, -0.2) is 16.2 Å². The Bertz CT molecular complexity index is 1040. The molecule has 0 radical (unpaired) electrons. The third-order valence-electron chi connectivity index (χ3n) is 4.97. The van der Waals surface area contributed by atoms with E-state index in [4.69, 9.17) is 11.6 Å². The first-order chi connectivity index (χ1) is 13.7. The minimum atomic E-state index is -0.511. The molecular weight excluding hydrogens is 368 g/mol. The van der Waals surface area contributed by atoms with Crippen molar-refractivity contribution < 1.29 is 5.11 Å². The van der Waals surface area contributed by atoms with Gasteiger partial charge in [-0.1, -0.05) is 72.3 Å². The fourth-order valence-corrected chi connectivity index (χ4v) is 3.64. The number of nitrogens with zero attached hydrogens (tertiary/aromatic N) is 1. The van der Waals surface area contributed by atoms with E-state index in [9.17, 15) is 5.11 Å². The number of halogens is 1. The van der Waals surface area contributed by atoms with Crippen molar-refractivity contribution in [2.75, 3.05) is 6.54 Å². The fraction of sp³-hybridized carbons (Fsp3) is 0.167. The van der Waals surface area contributed by atoms with E-state index >= 15 is 0 Å². The van der Waals surface area contributed by atoms with Gasteiger partial charge in [0.1, 0.15) is 0 Å². The molecule has 3 aromatic carbocycles. The summed E-state index contributed by atoms with van der Waals surface area (Å²) in [6, 6.07) is 26.2. The molecule has 0 spiro atoms. The summed E-state index contributed by atoms with van der Waals surface area (Å²) >= 11 is 6.01. The predicted molar refractivity (Wildman–Crippen MR) is 116 cm³/mol. The molecule has 2 N–H and O–H groups in total. The van der Waals surface area contributed by atoms with Crippen molar-refractivity contribution >= 4 is 22.5 Å². The van der Waals surface area contributed by atoms with Gasteiger partial charge in [0.25, 0.3) is 0 Å². The molecule has 0 fully saturated rings. The maximum absolute atomic E-state index is 10.4. The maximum Gasteiger partial charge on any atom is 0.0914 e. The Labute approximate surface area is 170 Å². The Morgan fingerprint density at radius 1 is 0.893 bits per heavy atom. The molecule has 1 aromatic heterocycles. The number of aromatic nitrogens is 1. The van der Waals surface area contributed by atoms with Crippen molar-refractivity contribution in [2.45, 2.75) is 19.2 Å². The molecule has 0 bridgehead atoms. The maximum atomic E-state index is 10.4. The summed E-state index contributed by atoms with van der Waals surface area (Å²) in [7, 11) is 0. The lowest BCUT2D eigenvalue weighted by molar-refractivity contribution is 0.174. The minimum absolute atomic E-state index is 0.511. The SMILES string of the molecule is O[C@H](CNCc1cn(Cc2ccc(Cl)cc2)c2ccccc12)c1ccccc1. The molecule has 0 saturated heterocycles. The molecule has 0 aliphatic rings. The second kappa shape index (κ2) is 8.61. The Hall–Kier alpha value is -2.59. The molecule has 0 saturated carbocycles. The first kappa shape index (κ1) is 18.8.